The van der Waals surface area contributed by atoms with Crippen molar-refractivity contribution in [2.24, 2.45) is 11.8 Å². The van der Waals surface area contributed by atoms with Crippen molar-refractivity contribution in [3.05, 3.63) is 0 Å². The number of hydrogen-bond acceptors (Lipinski definition) is 2. The van der Waals surface area contributed by atoms with Gasteiger partial charge in [-0.15, -0.1) is 0 Å². The van der Waals surface area contributed by atoms with E-state index >= 15 is 0 Å². The van der Waals surface area contributed by atoms with Crippen LogP contribution < -0.4 is 5.32 Å². The molecule has 0 aromatic heterocycles. The third-order valence-corrected chi connectivity index (χ3v) is 3.41. The SMILES string of the molecule is O=C1NCC2CN(C3CC3)CC12. The van der Waals surface area contributed by atoms with E-state index in [2.05, 4.69) is 10.2 Å². The summed E-state index contributed by atoms with van der Waals surface area (Å²) in [5.74, 6) is 1.24. The monoisotopic (exact) mass is 166 g/mol. The molecule has 2 atom stereocenters. The zero-order valence-electron chi connectivity index (χ0n) is 7.12. The highest BCUT2D eigenvalue weighted by atomic mass is 16.2. The van der Waals surface area contributed by atoms with E-state index in [0.29, 0.717) is 17.7 Å². The van der Waals surface area contributed by atoms with Gasteiger partial charge in [0.1, 0.15) is 0 Å². The van der Waals surface area contributed by atoms with Crippen LogP contribution in [0.15, 0.2) is 0 Å². The van der Waals surface area contributed by atoms with Gasteiger partial charge in [-0.2, -0.15) is 0 Å². The molecule has 3 fully saturated rings. The Morgan fingerprint density at radius 2 is 2.17 bits per heavy atom. The van der Waals surface area contributed by atoms with Crippen molar-refractivity contribution < 1.29 is 4.79 Å². The number of likely N-dealkylation sites (tertiary alicyclic amines) is 1. The molecule has 0 aromatic carbocycles. The number of fused-ring (bicyclic) bond motifs is 1. The van der Waals surface area contributed by atoms with Crippen molar-refractivity contribution in [2.75, 3.05) is 19.6 Å². The predicted molar refractivity (Wildman–Crippen MR) is 44.6 cm³/mol. The van der Waals surface area contributed by atoms with Crippen molar-refractivity contribution in [2.45, 2.75) is 18.9 Å². The summed E-state index contributed by atoms with van der Waals surface area (Å²) in [6.07, 6.45) is 2.72. The number of nitrogens with zero attached hydrogens (tertiary/aromatic N) is 1. The molecule has 66 valence electrons. The molecule has 0 radical (unpaired) electrons. The maximum absolute atomic E-state index is 11.3. The van der Waals surface area contributed by atoms with Crippen molar-refractivity contribution in [3.63, 3.8) is 0 Å². The summed E-state index contributed by atoms with van der Waals surface area (Å²) in [6.45, 7) is 3.11. The number of rotatable bonds is 1. The van der Waals surface area contributed by atoms with E-state index in [4.69, 9.17) is 0 Å². The van der Waals surface area contributed by atoms with E-state index in [1.807, 2.05) is 0 Å². The maximum atomic E-state index is 11.3. The molecule has 12 heavy (non-hydrogen) atoms. The van der Waals surface area contributed by atoms with Crippen LogP contribution in [0.25, 0.3) is 0 Å². The number of hydrogen-bond donors (Lipinski definition) is 1. The minimum absolute atomic E-state index is 0.295. The van der Waals surface area contributed by atoms with Crippen LogP contribution in [-0.4, -0.2) is 36.5 Å². The Morgan fingerprint density at radius 1 is 1.33 bits per heavy atom. The maximum Gasteiger partial charge on any atom is 0.224 e. The highest BCUT2D eigenvalue weighted by molar-refractivity contribution is 5.81. The molecule has 3 heteroatoms. The third kappa shape index (κ3) is 0.891. The fourth-order valence-corrected chi connectivity index (χ4v) is 2.51. The van der Waals surface area contributed by atoms with Crippen LogP contribution in [0.5, 0.6) is 0 Å². The quantitative estimate of drug-likeness (QED) is 0.586. The zero-order chi connectivity index (χ0) is 8.13. The van der Waals surface area contributed by atoms with Crippen LogP contribution in [-0.2, 0) is 4.79 Å². The molecule has 2 aliphatic heterocycles. The average Bonchev–Trinajstić information content (AvgIpc) is 2.73. The standard InChI is InChI=1S/C9H14N2O/c12-9-8-5-11(7-1-2-7)4-6(8)3-10-9/h6-8H,1-5H2,(H,10,12). The molecule has 0 spiro atoms. The third-order valence-electron chi connectivity index (χ3n) is 3.41. The van der Waals surface area contributed by atoms with Gasteiger partial charge in [0, 0.05) is 31.6 Å². The van der Waals surface area contributed by atoms with Crippen LogP contribution in [0.1, 0.15) is 12.8 Å². The number of amides is 1. The molecule has 0 aromatic rings. The van der Waals surface area contributed by atoms with Crippen molar-refractivity contribution >= 4 is 5.91 Å². The van der Waals surface area contributed by atoms with E-state index in [-0.39, 0.29) is 0 Å². The summed E-state index contributed by atoms with van der Waals surface area (Å²) >= 11 is 0. The van der Waals surface area contributed by atoms with E-state index in [9.17, 15) is 4.79 Å². The fraction of sp³-hybridized carbons (Fsp3) is 0.889. The van der Waals surface area contributed by atoms with E-state index in [1.54, 1.807) is 0 Å². The Kier molecular flexibility index (Phi) is 1.28. The molecule has 0 bridgehead atoms. The molecule has 2 unspecified atom stereocenters. The summed E-state index contributed by atoms with van der Waals surface area (Å²) in [5.41, 5.74) is 0. The smallest absolute Gasteiger partial charge is 0.224 e. The van der Waals surface area contributed by atoms with Crippen LogP contribution in [0.2, 0.25) is 0 Å². The van der Waals surface area contributed by atoms with E-state index in [1.165, 1.54) is 12.8 Å². The molecule has 3 aliphatic rings. The predicted octanol–water partition coefficient (Wildman–Crippen LogP) is -0.173. The van der Waals surface area contributed by atoms with Gasteiger partial charge in [0.05, 0.1) is 5.92 Å². The Hall–Kier alpha value is -0.570. The highest BCUT2D eigenvalue weighted by Gasteiger charge is 2.45. The summed E-state index contributed by atoms with van der Waals surface area (Å²) < 4.78 is 0. The van der Waals surface area contributed by atoms with Crippen LogP contribution >= 0.6 is 0 Å². The number of nitrogens with one attached hydrogen (secondary N) is 1. The lowest BCUT2D eigenvalue weighted by molar-refractivity contribution is -0.122. The molecule has 1 N–H and O–H groups in total. The normalized spacial score (nSPS) is 41.5. The van der Waals surface area contributed by atoms with Crippen LogP contribution in [0.3, 0.4) is 0 Å². The molecule has 1 aliphatic carbocycles. The lowest BCUT2D eigenvalue weighted by Crippen LogP contribution is -2.30. The molecule has 2 saturated heterocycles. The molecule has 3 nitrogen and oxygen atoms in total. The molecule has 1 amide bonds. The lowest BCUT2D eigenvalue weighted by atomic mass is 10.0. The highest BCUT2D eigenvalue weighted by Crippen LogP contribution is 2.35. The first-order chi connectivity index (χ1) is 5.84. The van der Waals surface area contributed by atoms with Gasteiger partial charge >= 0.3 is 0 Å². The second-order valence-corrected chi connectivity index (χ2v) is 4.30. The van der Waals surface area contributed by atoms with Crippen molar-refractivity contribution in [1.29, 1.82) is 0 Å². The van der Waals surface area contributed by atoms with Crippen LogP contribution in [0.4, 0.5) is 0 Å². The van der Waals surface area contributed by atoms with E-state index in [0.717, 1.165) is 25.7 Å². The first-order valence-electron chi connectivity index (χ1n) is 4.86. The zero-order valence-corrected chi connectivity index (χ0v) is 7.12. The molecule has 1 saturated carbocycles. The van der Waals surface area contributed by atoms with Gasteiger partial charge in [-0.25, -0.2) is 0 Å². The topological polar surface area (TPSA) is 32.3 Å². The Morgan fingerprint density at radius 3 is 2.83 bits per heavy atom. The van der Waals surface area contributed by atoms with Gasteiger partial charge < -0.3 is 5.32 Å². The molecule has 3 rings (SSSR count). The lowest BCUT2D eigenvalue weighted by Gasteiger charge is -2.14. The summed E-state index contributed by atoms with van der Waals surface area (Å²) in [5, 5.41) is 2.94. The van der Waals surface area contributed by atoms with Gasteiger partial charge in [-0.1, -0.05) is 0 Å². The minimum Gasteiger partial charge on any atom is -0.355 e. The van der Waals surface area contributed by atoms with Crippen molar-refractivity contribution in [3.8, 4) is 0 Å². The van der Waals surface area contributed by atoms with Gasteiger partial charge in [0.2, 0.25) is 5.91 Å². The Labute approximate surface area is 72.1 Å². The van der Waals surface area contributed by atoms with E-state index < -0.39 is 0 Å². The molecular formula is C9H14N2O. The second-order valence-electron chi connectivity index (χ2n) is 4.30. The van der Waals surface area contributed by atoms with Gasteiger partial charge in [0.25, 0.3) is 0 Å². The summed E-state index contributed by atoms with van der Waals surface area (Å²) in [4.78, 5) is 13.8. The molecule has 2 heterocycles. The second kappa shape index (κ2) is 2.22. The average molecular weight is 166 g/mol. The minimum atomic E-state index is 0.295. The Bertz CT molecular complexity index is 225. The number of carbonyl (C=O) groups is 1. The molecular weight excluding hydrogens is 152 g/mol. The van der Waals surface area contributed by atoms with Gasteiger partial charge in [-0.3, -0.25) is 9.69 Å². The number of carbonyl (C=O) groups excluding carboxylic acids is 1. The first kappa shape index (κ1) is 6.89. The summed E-state index contributed by atoms with van der Waals surface area (Å²) in [7, 11) is 0. The fourth-order valence-electron chi connectivity index (χ4n) is 2.51. The first-order valence-corrected chi connectivity index (χ1v) is 4.86. The van der Waals surface area contributed by atoms with Crippen molar-refractivity contribution in [1.82, 2.24) is 10.2 Å². The van der Waals surface area contributed by atoms with Gasteiger partial charge in [-0.05, 0) is 12.8 Å². The van der Waals surface area contributed by atoms with Crippen LogP contribution in [0, 0.1) is 11.8 Å². The Balaban J connectivity index is 1.73. The summed E-state index contributed by atoms with van der Waals surface area (Å²) in [6, 6.07) is 0.836. The largest absolute Gasteiger partial charge is 0.355 e. The van der Waals surface area contributed by atoms with Gasteiger partial charge in [0.15, 0.2) is 0 Å².